The molecule has 1 N–H and O–H groups in total. The van der Waals surface area contributed by atoms with Gasteiger partial charge in [-0.15, -0.1) is 0 Å². The van der Waals surface area contributed by atoms with Crippen LogP contribution in [0.3, 0.4) is 0 Å². The van der Waals surface area contributed by atoms with E-state index in [0.29, 0.717) is 5.56 Å². The first-order chi connectivity index (χ1) is 14.7. The van der Waals surface area contributed by atoms with Gasteiger partial charge >= 0.3 is 0 Å². The van der Waals surface area contributed by atoms with Gasteiger partial charge in [-0.25, -0.2) is 4.98 Å². The van der Waals surface area contributed by atoms with Gasteiger partial charge in [0.1, 0.15) is 0 Å². The Morgan fingerprint density at radius 3 is 2.53 bits per heavy atom. The zero-order valence-electron chi connectivity index (χ0n) is 16.6. The smallest absolute Gasteiger partial charge is 0.257 e. The molecule has 0 saturated carbocycles. The van der Waals surface area contributed by atoms with Crippen LogP contribution in [0.5, 0.6) is 0 Å². The van der Waals surface area contributed by atoms with E-state index >= 15 is 0 Å². The average molecular weight is 395 g/mol. The number of hydrogen-bond donors (Lipinski definition) is 1. The number of benzene rings is 1. The first kappa shape index (κ1) is 19.4. The van der Waals surface area contributed by atoms with E-state index in [1.54, 1.807) is 49.3 Å². The highest BCUT2D eigenvalue weighted by Gasteiger charge is 2.12. The van der Waals surface area contributed by atoms with Crippen LogP contribution in [0.25, 0.3) is 11.3 Å². The lowest BCUT2D eigenvalue weighted by Crippen LogP contribution is -2.12. The molecule has 30 heavy (non-hydrogen) atoms. The molecule has 0 aliphatic heterocycles. The molecule has 0 saturated heterocycles. The topological polar surface area (TPSA) is 80.7 Å². The maximum absolute atomic E-state index is 12.4. The van der Waals surface area contributed by atoms with E-state index in [4.69, 9.17) is 4.98 Å². The second-order valence-electron chi connectivity index (χ2n) is 7.06. The summed E-state index contributed by atoms with van der Waals surface area (Å²) in [7, 11) is 0. The largest absolute Gasteiger partial charge is 0.322 e. The Bertz CT molecular complexity index is 1130. The summed E-state index contributed by atoms with van der Waals surface area (Å²) in [6, 6.07) is 15.2. The van der Waals surface area contributed by atoms with Crippen molar-refractivity contribution in [3.8, 4) is 11.3 Å². The Hall–Kier alpha value is -3.93. The van der Waals surface area contributed by atoms with Crippen LogP contribution in [0.15, 0.2) is 85.7 Å². The molecule has 0 aliphatic rings. The molecular weight excluding hydrogens is 374 g/mol. The van der Waals surface area contributed by atoms with Crippen molar-refractivity contribution in [1.29, 1.82) is 0 Å². The molecule has 0 unspecified atom stereocenters. The van der Waals surface area contributed by atoms with Gasteiger partial charge in [-0.2, -0.15) is 0 Å². The molecule has 1 atom stereocenters. The van der Waals surface area contributed by atoms with Crippen molar-refractivity contribution in [1.82, 2.24) is 19.9 Å². The third-order valence-electron chi connectivity index (χ3n) is 4.79. The van der Waals surface area contributed by atoms with Crippen molar-refractivity contribution < 1.29 is 4.79 Å². The van der Waals surface area contributed by atoms with Crippen LogP contribution in [0.2, 0.25) is 0 Å². The summed E-state index contributed by atoms with van der Waals surface area (Å²) in [5, 5.41) is 2.93. The van der Waals surface area contributed by atoms with Crippen molar-refractivity contribution >= 4 is 11.6 Å². The van der Waals surface area contributed by atoms with Gasteiger partial charge < -0.3 is 5.32 Å². The molecule has 3 heterocycles. The molecule has 148 valence electrons. The SMILES string of the molecule is C[C@H](Cc1cncc(-c2cccnc2)n1)c1cccc(NC(=O)c2cccnc2)c1. The molecular formula is C24H21N5O. The lowest BCUT2D eigenvalue weighted by Gasteiger charge is -2.14. The Morgan fingerprint density at radius 1 is 0.933 bits per heavy atom. The van der Waals surface area contributed by atoms with Crippen molar-refractivity contribution in [2.24, 2.45) is 0 Å². The van der Waals surface area contributed by atoms with Crippen molar-refractivity contribution in [2.45, 2.75) is 19.3 Å². The number of carbonyl (C=O) groups excluding carboxylic acids is 1. The minimum absolute atomic E-state index is 0.178. The van der Waals surface area contributed by atoms with Gasteiger partial charge in [0.25, 0.3) is 5.91 Å². The number of amides is 1. The second kappa shape index (κ2) is 9.05. The van der Waals surface area contributed by atoms with Crippen LogP contribution in [0.4, 0.5) is 5.69 Å². The molecule has 6 nitrogen and oxygen atoms in total. The summed E-state index contributed by atoms with van der Waals surface area (Å²) in [5.41, 5.74) is 5.06. The molecule has 4 aromatic rings. The standard InChI is InChI=1S/C24H21N5O/c1-17(11-22-15-27-16-23(28-22)19-6-3-9-25-13-19)18-5-2-8-21(12-18)29-24(30)20-7-4-10-26-14-20/h2-10,12-17H,11H2,1H3,(H,29,30)/t17-/m1/s1. The zero-order valence-corrected chi connectivity index (χ0v) is 16.6. The highest BCUT2D eigenvalue weighted by molar-refractivity contribution is 6.04. The first-order valence-corrected chi connectivity index (χ1v) is 9.72. The molecule has 1 aromatic carbocycles. The fourth-order valence-electron chi connectivity index (χ4n) is 3.21. The molecule has 0 bridgehead atoms. The zero-order chi connectivity index (χ0) is 20.8. The maximum Gasteiger partial charge on any atom is 0.257 e. The van der Waals surface area contributed by atoms with Gasteiger partial charge in [0.05, 0.1) is 23.1 Å². The molecule has 4 rings (SSSR count). The van der Waals surface area contributed by atoms with Crippen LogP contribution in [-0.4, -0.2) is 25.8 Å². The second-order valence-corrected chi connectivity index (χ2v) is 7.06. The van der Waals surface area contributed by atoms with E-state index in [9.17, 15) is 4.79 Å². The van der Waals surface area contributed by atoms with E-state index in [1.807, 2.05) is 30.3 Å². The Kier molecular flexibility index (Phi) is 5.85. The van der Waals surface area contributed by atoms with E-state index in [1.165, 1.54) is 0 Å². The normalized spacial score (nSPS) is 11.6. The predicted octanol–water partition coefficient (Wildman–Crippen LogP) is 4.53. The summed E-state index contributed by atoms with van der Waals surface area (Å²) in [4.78, 5) is 29.6. The van der Waals surface area contributed by atoms with Crippen LogP contribution in [0, 0.1) is 0 Å². The number of anilines is 1. The molecule has 6 heteroatoms. The molecule has 0 spiro atoms. The average Bonchev–Trinajstić information content (AvgIpc) is 2.80. The number of rotatable bonds is 6. The molecule has 0 fully saturated rings. The van der Waals surface area contributed by atoms with Crippen LogP contribution < -0.4 is 5.32 Å². The molecule has 0 radical (unpaired) electrons. The van der Waals surface area contributed by atoms with E-state index in [-0.39, 0.29) is 11.8 Å². The minimum atomic E-state index is -0.178. The summed E-state index contributed by atoms with van der Waals surface area (Å²) >= 11 is 0. The quantitative estimate of drug-likeness (QED) is 0.519. The van der Waals surface area contributed by atoms with Gasteiger partial charge in [-0.1, -0.05) is 19.1 Å². The fraction of sp³-hybridized carbons (Fsp3) is 0.125. The van der Waals surface area contributed by atoms with Gasteiger partial charge in [0, 0.05) is 42.2 Å². The monoisotopic (exact) mass is 395 g/mol. The number of nitrogens with one attached hydrogen (secondary N) is 1. The number of hydrogen-bond acceptors (Lipinski definition) is 5. The van der Waals surface area contributed by atoms with Crippen molar-refractivity contribution in [3.05, 3.63) is 103 Å². The lowest BCUT2D eigenvalue weighted by atomic mass is 9.96. The van der Waals surface area contributed by atoms with Crippen LogP contribution in [0.1, 0.15) is 34.5 Å². The van der Waals surface area contributed by atoms with Gasteiger partial charge in [0.2, 0.25) is 0 Å². The minimum Gasteiger partial charge on any atom is -0.322 e. The summed E-state index contributed by atoms with van der Waals surface area (Å²) < 4.78 is 0. The van der Waals surface area contributed by atoms with Crippen molar-refractivity contribution in [3.63, 3.8) is 0 Å². The first-order valence-electron chi connectivity index (χ1n) is 9.72. The van der Waals surface area contributed by atoms with E-state index < -0.39 is 0 Å². The van der Waals surface area contributed by atoms with Crippen molar-refractivity contribution in [2.75, 3.05) is 5.32 Å². The fourth-order valence-corrected chi connectivity index (χ4v) is 3.21. The van der Waals surface area contributed by atoms with Gasteiger partial charge in [-0.3, -0.25) is 19.7 Å². The Labute approximate surface area is 175 Å². The Morgan fingerprint density at radius 2 is 1.77 bits per heavy atom. The highest BCUT2D eigenvalue weighted by atomic mass is 16.1. The lowest BCUT2D eigenvalue weighted by molar-refractivity contribution is 0.102. The molecule has 0 aliphatic carbocycles. The van der Waals surface area contributed by atoms with E-state index in [2.05, 4.69) is 33.3 Å². The summed E-state index contributed by atoms with van der Waals surface area (Å²) in [6.07, 6.45) is 11.0. The third-order valence-corrected chi connectivity index (χ3v) is 4.79. The van der Waals surface area contributed by atoms with Gasteiger partial charge in [0.15, 0.2) is 0 Å². The third kappa shape index (κ3) is 4.72. The highest BCUT2D eigenvalue weighted by Crippen LogP contribution is 2.24. The van der Waals surface area contributed by atoms with Crippen LogP contribution in [-0.2, 0) is 6.42 Å². The summed E-state index contributed by atoms with van der Waals surface area (Å²) in [5.74, 6) is 0.0293. The maximum atomic E-state index is 12.4. The van der Waals surface area contributed by atoms with Crippen LogP contribution >= 0.6 is 0 Å². The number of aromatic nitrogens is 4. The van der Waals surface area contributed by atoms with Gasteiger partial charge in [-0.05, 0) is 54.3 Å². The number of carbonyl (C=O) groups is 1. The summed E-state index contributed by atoms with van der Waals surface area (Å²) in [6.45, 7) is 2.14. The molecule has 3 aromatic heterocycles. The number of pyridine rings is 2. The predicted molar refractivity (Wildman–Crippen MR) is 116 cm³/mol. The molecule has 1 amide bonds. The number of nitrogens with zero attached hydrogens (tertiary/aromatic N) is 4. The van der Waals surface area contributed by atoms with E-state index in [0.717, 1.165) is 34.6 Å². The Balaban J connectivity index is 1.47.